The molecule has 0 aromatic heterocycles. The monoisotopic (exact) mass is 245 g/mol. The van der Waals surface area contributed by atoms with Crippen molar-refractivity contribution in [2.24, 2.45) is 0 Å². The summed E-state index contributed by atoms with van der Waals surface area (Å²) in [5.74, 6) is -1.45. The maximum absolute atomic E-state index is 12.2. The zero-order valence-electron chi connectivity index (χ0n) is 6.64. The van der Waals surface area contributed by atoms with Gasteiger partial charge in [-0.25, -0.2) is 0 Å². The van der Waals surface area contributed by atoms with Gasteiger partial charge in [-0.15, -0.1) is 0 Å². The predicted molar refractivity (Wildman–Crippen MR) is 43.2 cm³/mol. The van der Waals surface area contributed by atoms with E-state index in [1.807, 2.05) is 21.2 Å². The van der Waals surface area contributed by atoms with Gasteiger partial charge in [0, 0.05) is 15.9 Å². The average molecular weight is 246 g/mol. The van der Waals surface area contributed by atoms with Crippen LogP contribution in [0.3, 0.4) is 0 Å². The number of hydrogen-bond donors (Lipinski definition) is 2. The lowest BCUT2D eigenvalue weighted by Gasteiger charge is -2.18. The molecular formula is C6H10BrF2NO2. The van der Waals surface area contributed by atoms with Gasteiger partial charge in [-0.1, -0.05) is 0 Å². The smallest absolute Gasteiger partial charge is 0.377 e. The van der Waals surface area contributed by atoms with Crippen LogP contribution in [0.1, 0.15) is 13.8 Å². The van der Waals surface area contributed by atoms with Gasteiger partial charge >= 0.3 is 10.7 Å². The van der Waals surface area contributed by atoms with Gasteiger partial charge in [0.2, 0.25) is 0 Å². The number of carbonyl (C=O) groups excluding carboxylic acids is 1. The normalized spacial score (nSPS) is 16.8. The van der Waals surface area contributed by atoms with Crippen LogP contribution < -0.4 is 5.32 Å². The maximum atomic E-state index is 12.2. The van der Waals surface area contributed by atoms with E-state index in [-0.39, 0.29) is 0 Å². The quantitative estimate of drug-likeness (QED) is 0.725. The van der Waals surface area contributed by atoms with Crippen LogP contribution in [0.25, 0.3) is 0 Å². The molecule has 0 bridgehead atoms. The van der Waals surface area contributed by atoms with Gasteiger partial charge < -0.3 is 10.4 Å². The number of alkyl halides is 3. The molecule has 6 heteroatoms. The lowest BCUT2D eigenvalue weighted by atomic mass is 10.2. The van der Waals surface area contributed by atoms with Crippen molar-refractivity contribution in [1.29, 1.82) is 0 Å². The highest BCUT2D eigenvalue weighted by atomic mass is 79.9. The summed E-state index contributed by atoms with van der Waals surface area (Å²) < 4.78 is 24.3. The average Bonchev–Trinajstić information content (AvgIpc) is 1.85. The van der Waals surface area contributed by atoms with Crippen LogP contribution in [0.4, 0.5) is 8.78 Å². The summed E-state index contributed by atoms with van der Waals surface area (Å²) >= 11 is 1.89. The summed E-state index contributed by atoms with van der Waals surface area (Å²) in [6.07, 6.45) is -0.858. The van der Waals surface area contributed by atoms with Crippen LogP contribution in [0.5, 0.6) is 0 Å². The molecule has 0 aromatic carbocycles. The molecule has 2 N–H and O–H groups in total. The van der Waals surface area contributed by atoms with Crippen LogP contribution >= 0.6 is 15.9 Å². The third-order valence-electron chi connectivity index (χ3n) is 1.34. The predicted octanol–water partition coefficient (Wildman–Crippen LogP) is 0.860. The van der Waals surface area contributed by atoms with E-state index in [0.717, 1.165) is 0 Å². The Kier molecular flexibility index (Phi) is 4.05. The molecule has 0 heterocycles. The molecule has 0 saturated heterocycles. The third-order valence-corrected chi connectivity index (χ3v) is 1.70. The summed E-state index contributed by atoms with van der Waals surface area (Å²) in [7, 11) is 0. The third kappa shape index (κ3) is 3.96. The summed E-state index contributed by atoms with van der Waals surface area (Å²) in [6.45, 7) is 2.83. The first-order valence-corrected chi connectivity index (χ1v) is 4.10. The Morgan fingerprint density at radius 1 is 1.58 bits per heavy atom. The van der Waals surface area contributed by atoms with Crippen molar-refractivity contribution in [3.8, 4) is 0 Å². The molecule has 3 nitrogen and oxygen atoms in total. The molecule has 0 aromatic rings. The second kappa shape index (κ2) is 4.13. The fourth-order valence-corrected chi connectivity index (χ4v) is 0.524. The Bertz CT molecular complexity index is 169. The largest absolute Gasteiger partial charge is 0.391 e. The van der Waals surface area contributed by atoms with Crippen LogP contribution in [0.15, 0.2) is 0 Å². The molecule has 1 amide bonds. The molecule has 0 radical (unpaired) electrons. The molecule has 0 rings (SSSR count). The molecule has 2 unspecified atom stereocenters. The van der Waals surface area contributed by atoms with Crippen LogP contribution in [0, 0.1) is 0 Å². The van der Waals surface area contributed by atoms with E-state index in [0.29, 0.717) is 0 Å². The molecule has 0 aliphatic rings. The zero-order chi connectivity index (χ0) is 9.94. The minimum Gasteiger partial charge on any atom is -0.391 e. The van der Waals surface area contributed by atoms with Gasteiger partial charge in [-0.2, -0.15) is 8.78 Å². The summed E-state index contributed by atoms with van der Waals surface area (Å²) in [5.41, 5.74) is 0. The molecule has 72 valence electrons. The molecule has 0 fully saturated rings. The number of halogens is 3. The second-order valence-corrected chi connectivity index (χ2v) is 3.50. The summed E-state index contributed by atoms with van der Waals surface area (Å²) in [6, 6.07) is -0.694. The highest BCUT2D eigenvalue weighted by Crippen LogP contribution is 2.21. The van der Waals surface area contributed by atoms with E-state index >= 15 is 0 Å². The fraction of sp³-hybridized carbons (Fsp3) is 0.833. The van der Waals surface area contributed by atoms with Gasteiger partial charge in [-0.05, 0) is 13.8 Å². The van der Waals surface area contributed by atoms with Crippen molar-refractivity contribution >= 4 is 21.8 Å². The van der Waals surface area contributed by atoms with E-state index in [1.54, 1.807) is 0 Å². The summed E-state index contributed by atoms with van der Waals surface area (Å²) in [4.78, 5) is 6.99. The van der Waals surface area contributed by atoms with Gasteiger partial charge in [0.25, 0.3) is 0 Å². The van der Waals surface area contributed by atoms with Gasteiger partial charge in [0.1, 0.15) is 0 Å². The van der Waals surface area contributed by atoms with Gasteiger partial charge in [0.05, 0.1) is 12.1 Å². The molecular weight excluding hydrogens is 236 g/mol. The van der Waals surface area contributed by atoms with Crippen molar-refractivity contribution in [2.75, 3.05) is 0 Å². The van der Waals surface area contributed by atoms with Gasteiger partial charge in [0.15, 0.2) is 0 Å². The van der Waals surface area contributed by atoms with E-state index in [4.69, 9.17) is 5.11 Å². The molecule has 12 heavy (non-hydrogen) atoms. The maximum Gasteiger partial charge on any atom is 0.377 e. The number of aliphatic hydroxyl groups is 1. The van der Waals surface area contributed by atoms with Crippen molar-refractivity contribution in [3.05, 3.63) is 0 Å². The Morgan fingerprint density at radius 2 is 2.00 bits per heavy atom. The second-order valence-electron chi connectivity index (χ2n) is 2.50. The van der Waals surface area contributed by atoms with Crippen molar-refractivity contribution in [1.82, 2.24) is 5.32 Å². The first-order valence-electron chi connectivity index (χ1n) is 3.31. The van der Waals surface area contributed by atoms with E-state index in [1.165, 1.54) is 13.8 Å². The lowest BCUT2D eigenvalue weighted by molar-refractivity contribution is -0.135. The molecule has 0 spiro atoms. The Hall–Kier alpha value is -0.230. The minimum absolute atomic E-state index is 0.694. The molecule has 0 aliphatic carbocycles. The SMILES string of the molecule is CC(O)C(C)NC(=O)C(F)(F)Br. The highest BCUT2D eigenvalue weighted by molar-refractivity contribution is 9.10. The Morgan fingerprint density at radius 3 is 2.25 bits per heavy atom. The molecule has 2 atom stereocenters. The number of amides is 1. The summed E-state index contributed by atoms with van der Waals surface area (Å²) in [5, 5.41) is 10.8. The standard InChI is InChI=1S/C6H10BrF2NO2/c1-3(4(2)11)10-5(12)6(7,8)9/h3-4,11H,1-2H3,(H,10,12). The number of nitrogens with one attached hydrogen (secondary N) is 1. The van der Waals surface area contributed by atoms with E-state index < -0.39 is 22.9 Å². The van der Waals surface area contributed by atoms with E-state index in [9.17, 15) is 13.6 Å². The molecule has 0 saturated carbocycles. The number of carbonyl (C=O) groups is 1. The molecule has 0 aliphatic heterocycles. The van der Waals surface area contributed by atoms with Crippen molar-refractivity contribution in [2.45, 2.75) is 30.8 Å². The van der Waals surface area contributed by atoms with Crippen LogP contribution in [-0.2, 0) is 4.79 Å². The van der Waals surface area contributed by atoms with Crippen molar-refractivity contribution in [3.63, 3.8) is 0 Å². The first kappa shape index (κ1) is 11.8. The highest BCUT2D eigenvalue weighted by Gasteiger charge is 2.35. The minimum atomic E-state index is -3.57. The lowest BCUT2D eigenvalue weighted by Crippen LogP contribution is -2.45. The zero-order valence-corrected chi connectivity index (χ0v) is 8.23. The Labute approximate surface area is 77.3 Å². The number of hydrogen-bond acceptors (Lipinski definition) is 2. The number of rotatable bonds is 3. The van der Waals surface area contributed by atoms with E-state index in [2.05, 4.69) is 0 Å². The first-order chi connectivity index (χ1) is 5.25. The van der Waals surface area contributed by atoms with Crippen LogP contribution in [0.2, 0.25) is 0 Å². The van der Waals surface area contributed by atoms with Gasteiger partial charge in [-0.3, -0.25) is 4.79 Å². The topological polar surface area (TPSA) is 49.3 Å². The Balaban J connectivity index is 4.02. The number of aliphatic hydroxyl groups excluding tert-OH is 1. The van der Waals surface area contributed by atoms with Crippen LogP contribution in [-0.4, -0.2) is 28.0 Å². The fourth-order valence-electron chi connectivity index (χ4n) is 0.409. The van der Waals surface area contributed by atoms with Crippen molar-refractivity contribution < 1.29 is 18.7 Å².